The Labute approximate surface area is 182 Å². The number of rotatable bonds is 5. The van der Waals surface area contributed by atoms with Crippen molar-refractivity contribution in [2.45, 2.75) is 19.0 Å². The van der Waals surface area contributed by atoms with Crippen molar-refractivity contribution in [2.75, 3.05) is 5.75 Å². The molecule has 0 fully saturated rings. The zero-order valence-corrected chi connectivity index (χ0v) is 17.8. The number of phenolic OH excluding ortho intramolecular Hbond substituents is 2. The minimum atomic E-state index is -0.355. The van der Waals surface area contributed by atoms with Crippen LogP contribution in [0.2, 0.25) is 0 Å². The van der Waals surface area contributed by atoms with Gasteiger partial charge in [-0.3, -0.25) is 14.2 Å². The van der Waals surface area contributed by atoms with Crippen LogP contribution in [0.15, 0.2) is 70.6 Å². The maximum absolute atomic E-state index is 13.3. The van der Waals surface area contributed by atoms with Crippen LogP contribution in [0.3, 0.4) is 0 Å². The first-order valence-electron chi connectivity index (χ1n) is 9.62. The highest BCUT2D eigenvalue weighted by Gasteiger charge is 2.16. The molecule has 0 saturated carbocycles. The van der Waals surface area contributed by atoms with Crippen LogP contribution in [0, 0.1) is 13.8 Å². The number of aryl methyl sites for hydroxylation is 2. The van der Waals surface area contributed by atoms with Gasteiger partial charge in [0.1, 0.15) is 0 Å². The van der Waals surface area contributed by atoms with Gasteiger partial charge < -0.3 is 10.2 Å². The number of hydrogen-bond donors (Lipinski definition) is 2. The van der Waals surface area contributed by atoms with Crippen molar-refractivity contribution < 1.29 is 15.0 Å². The zero-order valence-electron chi connectivity index (χ0n) is 17.0. The topological polar surface area (TPSA) is 92.4 Å². The van der Waals surface area contributed by atoms with Crippen LogP contribution in [-0.2, 0) is 0 Å². The Morgan fingerprint density at radius 2 is 1.68 bits per heavy atom. The highest BCUT2D eigenvalue weighted by atomic mass is 32.2. The number of fused-ring (bicyclic) bond motifs is 1. The minimum Gasteiger partial charge on any atom is -0.504 e. The summed E-state index contributed by atoms with van der Waals surface area (Å²) in [6.45, 7) is 3.92. The highest BCUT2D eigenvalue weighted by molar-refractivity contribution is 7.99. The minimum absolute atomic E-state index is 0.0137. The lowest BCUT2D eigenvalue weighted by Gasteiger charge is -2.14. The summed E-state index contributed by atoms with van der Waals surface area (Å²) in [5, 5.41) is 20.0. The number of aromatic nitrogens is 2. The Bertz CT molecular complexity index is 1360. The molecule has 0 spiro atoms. The Kier molecular flexibility index (Phi) is 5.52. The van der Waals surface area contributed by atoms with Gasteiger partial charge in [0.15, 0.2) is 22.4 Å². The molecule has 1 aromatic heterocycles. The van der Waals surface area contributed by atoms with Crippen LogP contribution < -0.4 is 5.56 Å². The van der Waals surface area contributed by atoms with Crippen molar-refractivity contribution in [3.63, 3.8) is 0 Å². The molecule has 7 heteroatoms. The van der Waals surface area contributed by atoms with Gasteiger partial charge in [0.05, 0.1) is 22.3 Å². The summed E-state index contributed by atoms with van der Waals surface area (Å²) in [7, 11) is 0. The average molecular weight is 433 g/mol. The van der Waals surface area contributed by atoms with Crippen molar-refractivity contribution in [3.05, 3.63) is 87.7 Å². The normalized spacial score (nSPS) is 11.0. The fourth-order valence-electron chi connectivity index (χ4n) is 3.43. The van der Waals surface area contributed by atoms with Crippen LogP contribution in [-0.4, -0.2) is 31.3 Å². The number of carbonyl (C=O) groups excluding carboxylic acids is 1. The molecule has 6 nitrogen and oxygen atoms in total. The Hall–Kier alpha value is -3.58. The van der Waals surface area contributed by atoms with Gasteiger partial charge >= 0.3 is 0 Å². The predicted octanol–water partition coefficient (Wildman–Crippen LogP) is 4.39. The second kappa shape index (κ2) is 8.28. The first-order valence-corrected chi connectivity index (χ1v) is 10.6. The monoisotopic (exact) mass is 432 g/mol. The van der Waals surface area contributed by atoms with Gasteiger partial charge in [-0.25, -0.2) is 4.98 Å². The number of ketones is 1. The molecule has 0 aliphatic carbocycles. The van der Waals surface area contributed by atoms with E-state index in [-0.39, 0.29) is 34.2 Å². The number of aromatic hydroxyl groups is 2. The van der Waals surface area contributed by atoms with Crippen LogP contribution in [0.5, 0.6) is 11.5 Å². The van der Waals surface area contributed by atoms with E-state index in [1.807, 2.05) is 38.1 Å². The number of Topliss-reactive ketones (excluding diaryl/α,β-unsaturated/α-hetero) is 1. The number of thioether (sulfide) groups is 1. The van der Waals surface area contributed by atoms with Gasteiger partial charge in [0.2, 0.25) is 0 Å². The van der Waals surface area contributed by atoms with Crippen molar-refractivity contribution >= 4 is 28.4 Å². The molecule has 0 aliphatic rings. The first-order chi connectivity index (χ1) is 14.8. The second-order valence-electron chi connectivity index (χ2n) is 7.31. The third-order valence-corrected chi connectivity index (χ3v) is 5.78. The number of phenols is 2. The molecule has 0 unspecified atom stereocenters. The summed E-state index contributed by atoms with van der Waals surface area (Å²) in [6.07, 6.45) is 0. The molecular weight excluding hydrogens is 412 g/mol. The number of benzene rings is 3. The summed E-state index contributed by atoms with van der Waals surface area (Å²) < 4.78 is 1.54. The lowest BCUT2D eigenvalue weighted by atomic mass is 10.1. The molecule has 4 aromatic rings. The standard InChI is InChI=1S/C24H20N2O4S/c1-14-9-15(2)11-17(10-14)26-23(30)18-5-3-4-6-19(18)25-24(26)31-13-22(29)16-7-8-20(27)21(28)12-16/h3-12,27-28H,13H2,1-2H3. The van der Waals surface area contributed by atoms with Crippen LogP contribution in [0.25, 0.3) is 16.6 Å². The summed E-state index contributed by atoms with van der Waals surface area (Å²) in [4.78, 5) is 30.6. The van der Waals surface area contributed by atoms with Crippen molar-refractivity contribution in [3.8, 4) is 17.2 Å². The number of para-hydroxylation sites is 1. The summed E-state index contributed by atoms with van der Waals surface area (Å²) in [6, 6.07) is 16.9. The van der Waals surface area contributed by atoms with Crippen LogP contribution in [0.4, 0.5) is 0 Å². The fourth-order valence-corrected chi connectivity index (χ4v) is 4.33. The number of hydrogen-bond acceptors (Lipinski definition) is 6. The van der Waals surface area contributed by atoms with Gasteiger partial charge in [-0.15, -0.1) is 0 Å². The van der Waals surface area contributed by atoms with Crippen LogP contribution >= 0.6 is 11.8 Å². The number of nitrogens with zero attached hydrogens (tertiary/aromatic N) is 2. The van der Waals surface area contributed by atoms with E-state index in [1.54, 1.807) is 18.2 Å². The molecule has 3 aromatic carbocycles. The molecule has 0 bridgehead atoms. The van der Waals surface area contributed by atoms with E-state index in [4.69, 9.17) is 0 Å². The van der Waals surface area contributed by atoms with E-state index in [1.165, 1.54) is 22.8 Å². The smallest absolute Gasteiger partial charge is 0.266 e. The molecule has 0 amide bonds. The van der Waals surface area contributed by atoms with Gasteiger partial charge in [-0.05, 0) is 67.4 Å². The SMILES string of the molecule is Cc1cc(C)cc(-n2c(SCC(=O)c3ccc(O)c(O)c3)nc3ccccc3c2=O)c1. The zero-order chi connectivity index (χ0) is 22.1. The molecule has 0 atom stereocenters. The van der Waals surface area contributed by atoms with Gasteiger partial charge in [0.25, 0.3) is 5.56 Å². The maximum atomic E-state index is 13.3. The van der Waals surface area contributed by atoms with E-state index in [0.29, 0.717) is 21.7 Å². The van der Waals surface area contributed by atoms with Gasteiger partial charge in [0, 0.05) is 5.56 Å². The summed E-state index contributed by atoms with van der Waals surface area (Å²) >= 11 is 1.15. The molecule has 31 heavy (non-hydrogen) atoms. The molecule has 0 radical (unpaired) electrons. The second-order valence-corrected chi connectivity index (χ2v) is 8.26. The van der Waals surface area contributed by atoms with Crippen molar-refractivity contribution in [1.29, 1.82) is 0 Å². The molecular formula is C24H20N2O4S. The average Bonchev–Trinajstić information content (AvgIpc) is 2.73. The van der Waals surface area contributed by atoms with E-state index in [2.05, 4.69) is 4.98 Å². The maximum Gasteiger partial charge on any atom is 0.266 e. The predicted molar refractivity (Wildman–Crippen MR) is 122 cm³/mol. The number of carbonyl (C=O) groups is 1. The van der Waals surface area contributed by atoms with Crippen molar-refractivity contribution in [2.24, 2.45) is 0 Å². The van der Waals surface area contributed by atoms with Gasteiger partial charge in [-0.1, -0.05) is 30.0 Å². The highest BCUT2D eigenvalue weighted by Crippen LogP contribution is 2.27. The summed E-state index contributed by atoms with van der Waals surface area (Å²) in [5.74, 6) is -0.884. The first kappa shape index (κ1) is 20.7. The molecule has 156 valence electrons. The van der Waals surface area contributed by atoms with Crippen molar-refractivity contribution in [1.82, 2.24) is 9.55 Å². The molecule has 2 N–H and O–H groups in total. The lowest BCUT2D eigenvalue weighted by Crippen LogP contribution is -2.22. The Morgan fingerprint density at radius 1 is 0.968 bits per heavy atom. The molecule has 4 rings (SSSR count). The third-order valence-electron chi connectivity index (χ3n) is 4.84. The Morgan fingerprint density at radius 3 is 2.39 bits per heavy atom. The van der Waals surface area contributed by atoms with E-state index in [0.717, 1.165) is 22.9 Å². The lowest BCUT2D eigenvalue weighted by molar-refractivity contribution is 0.102. The fraction of sp³-hybridized carbons (Fsp3) is 0.125. The van der Waals surface area contributed by atoms with E-state index in [9.17, 15) is 19.8 Å². The quantitative estimate of drug-likeness (QED) is 0.210. The third kappa shape index (κ3) is 4.18. The molecule has 0 saturated heterocycles. The largest absolute Gasteiger partial charge is 0.504 e. The van der Waals surface area contributed by atoms with E-state index >= 15 is 0 Å². The summed E-state index contributed by atoms with van der Waals surface area (Å²) in [5.41, 5.74) is 3.35. The van der Waals surface area contributed by atoms with Gasteiger partial charge in [-0.2, -0.15) is 0 Å². The van der Waals surface area contributed by atoms with Crippen LogP contribution in [0.1, 0.15) is 21.5 Å². The Balaban J connectivity index is 1.78. The van der Waals surface area contributed by atoms with E-state index < -0.39 is 0 Å². The molecule has 0 aliphatic heterocycles. The molecule has 1 heterocycles.